The van der Waals surface area contributed by atoms with E-state index in [0.29, 0.717) is 0 Å². The van der Waals surface area contributed by atoms with E-state index < -0.39 is 0 Å². The fourth-order valence-corrected chi connectivity index (χ4v) is 2.68. The van der Waals surface area contributed by atoms with Gasteiger partial charge < -0.3 is 10.2 Å². The van der Waals surface area contributed by atoms with Crippen molar-refractivity contribution in [2.24, 2.45) is 0 Å². The molecule has 3 rings (SSSR count). The fourth-order valence-electron chi connectivity index (χ4n) is 2.68. The van der Waals surface area contributed by atoms with Crippen LogP contribution in [0.1, 0.15) is 30.5 Å². The zero-order valence-corrected chi connectivity index (χ0v) is 9.79. The fraction of sp³-hybridized carbons (Fsp3) is 0.667. The highest BCUT2D eigenvalue weighted by Crippen LogP contribution is 2.29. The number of rotatable bonds is 2. The van der Waals surface area contributed by atoms with Gasteiger partial charge in [-0.3, -0.25) is 0 Å². The summed E-state index contributed by atoms with van der Waals surface area (Å²) in [7, 11) is 1.95. The number of fused-ring (bicyclic) bond motifs is 1. The van der Waals surface area contributed by atoms with Crippen LogP contribution in [0.2, 0.25) is 0 Å². The van der Waals surface area contributed by atoms with Crippen molar-refractivity contribution in [3.8, 4) is 0 Å². The molecule has 1 aromatic heterocycles. The molecule has 0 unspecified atom stereocenters. The Hall–Kier alpha value is -1.32. The average molecular weight is 218 g/mol. The molecule has 1 saturated heterocycles. The Balaban J connectivity index is 2.00. The molecule has 1 aliphatic carbocycles. The largest absolute Gasteiger partial charge is 0.373 e. The van der Waals surface area contributed by atoms with Crippen molar-refractivity contribution in [2.75, 3.05) is 30.4 Å². The first-order chi connectivity index (χ1) is 7.88. The molecule has 2 aliphatic rings. The van der Waals surface area contributed by atoms with Crippen LogP contribution in [0.15, 0.2) is 0 Å². The van der Waals surface area contributed by atoms with Crippen LogP contribution in [0.5, 0.6) is 0 Å². The second-order valence-corrected chi connectivity index (χ2v) is 4.60. The van der Waals surface area contributed by atoms with Crippen LogP contribution in [-0.2, 0) is 12.8 Å². The Morgan fingerprint density at radius 3 is 2.62 bits per heavy atom. The van der Waals surface area contributed by atoms with Gasteiger partial charge in [0.15, 0.2) is 0 Å². The molecule has 0 radical (unpaired) electrons. The summed E-state index contributed by atoms with van der Waals surface area (Å²) in [4.78, 5) is 11.7. The van der Waals surface area contributed by atoms with E-state index in [1.807, 2.05) is 7.05 Å². The lowest BCUT2D eigenvalue weighted by atomic mass is 10.2. The molecule has 4 heteroatoms. The summed E-state index contributed by atoms with van der Waals surface area (Å²) in [5.74, 6) is 1.98. The van der Waals surface area contributed by atoms with E-state index >= 15 is 0 Å². The summed E-state index contributed by atoms with van der Waals surface area (Å²) in [5, 5.41) is 3.21. The molecule has 4 nitrogen and oxygen atoms in total. The van der Waals surface area contributed by atoms with Crippen LogP contribution in [0.25, 0.3) is 0 Å². The summed E-state index contributed by atoms with van der Waals surface area (Å²) in [6, 6.07) is 0. The van der Waals surface area contributed by atoms with E-state index in [9.17, 15) is 0 Å². The van der Waals surface area contributed by atoms with Gasteiger partial charge in [-0.2, -0.15) is 4.98 Å². The lowest BCUT2D eigenvalue weighted by Crippen LogP contribution is -2.21. The molecular weight excluding hydrogens is 200 g/mol. The Morgan fingerprint density at radius 1 is 1.06 bits per heavy atom. The predicted molar refractivity (Wildman–Crippen MR) is 65.1 cm³/mol. The van der Waals surface area contributed by atoms with E-state index in [2.05, 4.69) is 15.2 Å². The van der Waals surface area contributed by atoms with E-state index in [1.54, 1.807) is 0 Å². The van der Waals surface area contributed by atoms with Crippen molar-refractivity contribution in [1.29, 1.82) is 0 Å². The molecule has 0 bridgehead atoms. The molecule has 1 aromatic rings. The van der Waals surface area contributed by atoms with Crippen molar-refractivity contribution in [2.45, 2.75) is 32.1 Å². The van der Waals surface area contributed by atoms with Crippen molar-refractivity contribution < 1.29 is 0 Å². The van der Waals surface area contributed by atoms with Gasteiger partial charge in [-0.25, -0.2) is 4.98 Å². The maximum absolute atomic E-state index is 4.72. The molecule has 0 spiro atoms. The lowest BCUT2D eigenvalue weighted by Gasteiger charge is -2.17. The minimum absolute atomic E-state index is 0.933. The second kappa shape index (κ2) is 3.92. The normalized spacial score (nSPS) is 18.9. The average Bonchev–Trinajstić information content (AvgIpc) is 2.97. The summed E-state index contributed by atoms with van der Waals surface area (Å²) >= 11 is 0. The monoisotopic (exact) mass is 218 g/mol. The Bertz CT molecular complexity index is 396. The minimum Gasteiger partial charge on any atom is -0.373 e. The Morgan fingerprint density at radius 2 is 1.88 bits per heavy atom. The highest BCUT2D eigenvalue weighted by molar-refractivity contribution is 5.52. The Kier molecular flexibility index (Phi) is 2.42. The third kappa shape index (κ3) is 1.52. The van der Waals surface area contributed by atoms with Gasteiger partial charge >= 0.3 is 0 Å². The van der Waals surface area contributed by atoms with Crippen LogP contribution in [0.3, 0.4) is 0 Å². The number of aryl methyl sites for hydroxylation is 1. The van der Waals surface area contributed by atoms with Gasteiger partial charge in [0.05, 0.1) is 5.69 Å². The molecule has 86 valence electrons. The van der Waals surface area contributed by atoms with E-state index in [4.69, 9.17) is 4.98 Å². The standard InChI is InChI=1S/C12H18N4/c1-13-11-9-5-4-6-10(9)14-12(15-11)16-7-2-3-8-16/h2-8H2,1H3,(H,13,14,15). The van der Waals surface area contributed by atoms with E-state index in [-0.39, 0.29) is 0 Å². The number of hydrogen-bond acceptors (Lipinski definition) is 4. The van der Waals surface area contributed by atoms with Gasteiger partial charge in [0.1, 0.15) is 5.82 Å². The molecular formula is C12H18N4. The van der Waals surface area contributed by atoms with Gasteiger partial charge in [-0.05, 0) is 32.1 Å². The minimum atomic E-state index is 0.933. The molecule has 0 saturated carbocycles. The molecule has 16 heavy (non-hydrogen) atoms. The van der Waals surface area contributed by atoms with E-state index in [1.165, 1.54) is 30.5 Å². The molecule has 1 N–H and O–H groups in total. The van der Waals surface area contributed by atoms with Crippen molar-refractivity contribution in [1.82, 2.24) is 9.97 Å². The maximum atomic E-state index is 4.72. The van der Waals surface area contributed by atoms with Gasteiger partial charge in [0.25, 0.3) is 0 Å². The van der Waals surface area contributed by atoms with Crippen molar-refractivity contribution in [3.63, 3.8) is 0 Å². The third-order valence-corrected chi connectivity index (χ3v) is 3.55. The van der Waals surface area contributed by atoms with Crippen LogP contribution in [0, 0.1) is 0 Å². The highest BCUT2D eigenvalue weighted by atomic mass is 15.3. The summed E-state index contributed by atoms with van der Waals surface area (Å²) < 4.78 is 0. The van der Waals surface area contributed by atoms with Crippen LogP contribution in [-0.4, -0.2) is 30.1 Å². The zero-order valence-electron chi connectivity index (χ0n) is 9.79. The summed E-state index contributed by atoms with van der Waals surface area (Å²) in [6.45, 7) is 2.23. The first-order valence-corrected chi connectivity index (χ1v) is 6.21. The van der Waals surface area contributed by atoms with Gasteiger partial charge in [-0.1, -0.05) is 0 Å². The molecule has 1 fully saturated rings. The third-order valence-electron chi connectivity index (χ3n) is 3.55. The predicted octanol–water partition coefficient (Wildman–Crippen LogP) is 1.61. The van der Waals surface area contributed by atoms with Gasteiger partial charge in [0.2, 0.25) is 5.95 Å². The SMILES string of the molecule is CNc1nc(N2CCCC2)nc2c1CCC2. The number of nitrogens with zero attached hydrogens (tertiary/aromatic N) is 3. The van der Waals surface area contributed by atoms with E-state index in [0.717, 1.165) is 37.7 Å². The number of anilines is 2. The number of hydrogen-bond donors (Lipinski definition) is 1. The zero-order chi connectivity index (χ0) is 11.0. The summed E-state index contributed by atoms with van der Waals surface area (Å²) in [6.07, 6.45) is 6.02. The van der Waals surface area contributed by atoms with Crippen LogP contribution in [0.4, 0.5) is 11.8 Å². The molecule has 0 amide bonds. The topological polar surface area (TPSA) is 41.1 Å². The van der Waals surface area contributed by atoms with Gasteiger partial charge in [0, 0.05) is 25.7 Å². The highest BCUT2D eigenvalue weighted by Gasteiger charge is 2.22. The molecule has 1 aliphatic heterocycles. The van der Waals surface area contributed by atoms with Crippen LogP contribution < -0.4 is 10.2 Å². The quantitative estimate of drug-likeness (QED) is 0.818. The maximum Gasteiger partial charge on any atom is 0.227 e. The number of nitrogens with one attached hydrogen (secondary N) is 1. The number of aromatic nitrogens is 2. The Labute approximate surface area is 96.1 Å². The molecule has 0 atom stereocenters. The first kappa shape index (κ1) is 9.87. The first-order valence-electron chi connectivity index (χ1n) is 6.21. The van der Waals surface area contributed by atoms with Crippen LogP contribution >= 0.6 is 0 Å². The van der Waals surface area contributed by atoms with Crippen molar-refractivity contribution in [3.05, 3.63) is 11.3 Å². The summed E-state index contributed by atoms with van der Waals surface area (Å²) in [5.41, 5.74) is 2.60. The lowest BCUT2D eigenvalue weighted by molar-refractivity contribution is 0.871. The molecule has 0 aromatic carbocycles. The smallest absolute Gasteiger partial charge is 0.227 e. The second-order valence-electron chi connectivity index (χ2n) is 4.60. The molecule has 2 heterocycles. The van der Waals surface area contributed by atoms with Crippen molar-refractivity contribution >= 4 is 11.8 Å². The van der Waals surface area contributed by atoms with Gasteiger partial charge in [-0.15, -0.1) is 0 Å².